The van der Waals surface area contributed by atoms with E-state index in [1.54, 1.807) is 0 Å². The third kappa shape index (κ3) is 3.10. The molecule has 0 aromatic heterocycles. The molecule has 0 bridgehead atoms. The maximum absolute atomic E-state index is 2.50. The van der Waals surface area contributed by atoms with Crippen LogP contribution in [0.5, 0.6) is 0 Å². The summed E-state index contributed by atoms with van der Waals surface area (Å²) in [6.07, 6.45) is 0. The van der Waals surface area contributed by atoms with Crippen molar-refractivity contribution in [2.24, 2.45) is 0 Å². The topological polar surface area (TPSA) is 3.24 Å². The zero-order valence-electron chi connectivity index (χ0n) is 8.18. The molecule has 0 aromatic rings. The van der Waals surface area contributed by atoms with E-state index in [1.807, 2.05) is 0 Å². The molecule has 0 fully saturated rings. The zero-order chi connectivity index (χ0) is 8.31. The molecule has 2 heteroatoms. The molecule has 0 amide bonds. The second-order valence-electron chi connectivity index (χ2n) is 3.73. The Balaban J connectivity index is 3.98. The van der Waals surface area contributed by atoms with Gasteiger partial charge in [-0.1, -0.05) is 0 Å². The summed E-state index contributed by atoms with van der Waals surface area (Å²) in [5, 5.41) is 0. The molecule has 0 saturated carbocycles. The molecule has 0 heterocycles. The Kier molecular flexibility index (Phi) is 4.69. The van der Waals surface area contributed by atoms with Crippen molar-refractivity contribution in [3.05, 3.63) is 0 Å². The van der Waals surface area contributed by atoms with Crippen molar-refractivity contribution < 1.29 is 0 Å². The Morgan fingerprint density at radius 3 is 1.20 bits per heavy atom. The van der Waals surface area contributed by atoms with Gasteiger partial charge in [-0.3, -0.25) is 0 Å². The Labute approximate surface area is 74.4 Å². The van der Waals surface area contributed by atoms with E-state index >= 15 is 0 Å². The van der Waals surface area contributed by atoms with Gasteiger partial charge >= 0.3 is 74.0 Å². The molecule has 56 valence electrons. The summed E-state index contributed by atoms with van der Waals surface area (Å²) in [6.45, 7) is 11.2. The normalized spacial score (nSPS) is 15.4. The fourth-order valence-electron chi connectivity index (χ4n) is 1.79. The summed E-state index contributed by atoms with van der Waals surface area (Å²) < 4.78 is 0.667. The van der Waals surface area contributed by atoms with Gasteiger partial charge in [0.25, 0.3) is 0 Å². The molecule has 0 aliphatic heterocycles. The predicted molar refractivity (Wildman–Crippen MR) is 47.3 cm³/mol. The Bertz CT molecular complexity index is 70.2. The van der Waals surface area contributed by atoms with E-state index in [4.69, 9.17) is 0 Å². The van der Waals surface area contributed by atoms with Crippen molar-refractivity contribution in [2.45, 2.75) is 51.4 Å². The molecular weight excluding hydrogens is 117 g/mol. The van der Waals surface area contributed by atoms with Crippen LogP contribution >= 0.6 is 0 Å². The number of rotatable bonds is 3. The van der Waals surface area contributed by atoms with Crippen LogP contribution in [0.25, 0.3) is 0 Å². The molecule has 0 aliphatic carbocycles. The van der Waals surface area contributed by atoms with E-state index in [9.17, 15) is 0 Å². The van der Waals surface area contributed by atoms with Crippen molar-refractivity contribution in [3.8, 4) is 0 Å². The molecule has 10 heavy (non-hydrogen) atoms. The first-order valence-electron chi connectivity index (χ1n) is 4.24. The predicted octanol–water partition coefficient (Wildman–Crippen LogP) is 1.62. The average molecular weight is 135 g/mol. The Hall–Kier alpha value is 0.557. The molecule has 0 saturated heterocycles. The second-order valence-corrected chi connectivity index (χ2v) is 3.73. The first-order valence-corrected chi connectivity index (χ1v) is 4.24. The number of hydrogen-bond donors (Lipinski definition) is 0. The Morgan fingerprint density at radius 2 is 1.20 bits per heavy atom. The van der Waals surface area contributed by atoms with Crippen molar-refractivity contribution in [2.75, 3.05) is 0 Å². The van der Waals surface area contributed by atoms with Gasteiger partial charge in [0.05, 0.1) is 0 Å². The molecule has 0 rings (SSSR count). The van der Waals surface area contributed by atoms with E-state index in [0.29, 0.717) is 16.8 Å². The van der Waals surface area contributed by atoms with Crippen LogP contribution in [0.4, 0.5) is 0 Å². The van der Waals surface area contributed by atoms with Crippen LogP contribution in [0.3, 0.4) is 0 Å². The quantitative estimate of drug-likeness (QED) is 0.531. The van der Waals surface area contributed by atoms with Crippen LogP contribution in [-0.2, 0) is 0 Å². The van der Waals surface area contributed by atoms with Crippen LogP contribution in [-0.4, -0.2) is 39.4 Å². The average Bonchev–Trinajstić information content (AvgIpc) is 1.59. The molecule has 1 unspecified atom stereocenters. The Morgan fingerprint density at radius 1 is 0.900 bits per heavy atom. The van der Waals surface area contributed by atoms with Crippen LogP contribution in [0.2, 0.25) is 0 Å². The minimum absolute atomic E-state index is 0.667. The molecule has 1 atom stereocenters. The van der Waals surface area contributed by atoms with Crippen LogP contribution < -0.4 is 0 Å². The standard InChI is InChI=1S/C8H18N.Li/c1-6-9(7(2)3)8(4)5;/h6-8H,1-5H3;. The molecule has 1 nitrogen and oxygen atoms in total. The maximum atomic E-state index is 2.50. The molecule has 0 N–H and O–H groups in total. The van der Waals surface area contributed by atoms with E-state index in [0.717, 1.165) is 0 Å². The van der Waals surface area contributed by atoms with Crippen molar-refractivity contribution in [1.82, 2.24) is 4.90 Å². The van der Waals surface area contributed by atoms with E-state index in [2.05, 4.69) is 57.2 Å². The van der Waals surface area contributed by atoms with E-state index < -0.39 is 0 Å². The van der Waals surface area contributed by atoms with Gasteiger partial charge < -0.3 is 0 Å². The van der Waals surface area contributed by atoms with Gasteiger partial charge in [-0.15, -0.1) is 0 Å². The van der Waals surface area contributed by atoms with E-state index in [1.165, 1.54) is 0 Å². The van der Waals surface area contributed by atoms with Gasteiger partial charge in [0.15, 0.2) is 0 Å². The van der Waals surface area contributed by atoms with Gasteiger partial charge in [0.2, 0.25) is 0 Å². The van der Waals surface area contributed by atoms with E-state index in [-0.39, 0.29) is 0 Å². The SMILES string of the molecule is [Li][CH](C)N(C(C)C)C(C)C. The number of hydrogen-bond acceptors (Lipinski definition) is 1. The third-order valence-corrected chi connectivity index (χ3v) is 1.79. The minimum atomic E-state index is 0.667. The number of nitrogens with zero attached hydrogens (tertiary/aromatic N) is 1. The van der Waals surface area contributed by atoms with Gasteiger partial charge in [0, 0.05) is 0 Å². The van der Waals surface area contributed by atoms with Gasteiger partial charge in [0.1, 0.15) is 0 Å². The van der Waals surface area contributed by atoms with Crippen LogP contribution in [0, 0.1) is 0 Å². The van der Waals surface area contributed by atoms with Crippen molar-refractivity contribution in [3.63, 3.8) is 0 Å². The summed E-state index contributed by atoms with van der Waals surface area (Å²) in [5.74, 6) is 0. The molecule has 0 radical (unpaired) electrons. The fraction of sp³-hybridized carbons (Fsp3) is 1.00. The summed E-state index contributed by atoms with van der Waals surface area (Å²) >= 11 is 2.25. The van der Waals surface area contributed by atoms with Gasteiger partial charge in [-0.2, -0.15) is 0 Å². The van der Waals surface area contributed by atoms with Crippen molar-refractivity contribution >= 4 is 17.7 Å². The zero-order valence-corrected chi connectivity index (χ0v) is 8.18. The monoisotopic (exact) mass is 135 g/mol. The third-order valence-electron chi connectivity index (χ3n) is 1.79. The van der Waals surface area contributed by atoms with Gasteiger partial charge in [-0.05, 0) is 0 Å². The first kappa shape index (κ1) is 10.6. The van der Waals surface area contributed by atoms with Crippen LogP contribution in [0.1, 0.15) is 34.6 Å². The molecular formula is C8H18LiN. The first-order chi connectivity index (χ1) is 4.46. The summed E-state index contributed by atoms with van der Waals surface area (Å²) in [5.41, 5.74) is 0. The molecule has 0 aromatic carbocycles. The van der Waals surface area contributed by atoms with Gasteiger partial charge in [-0.25, -0.2) is 0 Å². The second kappa shape index (κ2) is 4.44. The van der Waals surface area contributed by atoms with Crippen LogP contribution in [0.15, 0.2) is 0 Å². The summed E-state index contributed by atoms with van der Waals surface area (Å²) in [6, 6.07) is 1.33. The fourth-order valence-corrected chi connectivity index (χ4v) is 1.79. The summed E-state index contributed by atoms with van der Waals surface area (Å²) in [7, 11) is 0. The molecule has 0 spiro atoms. The molecule has 0 aliphatic rings. The summed E-state index contributed by atoms with van der Waals surface area (Å²) in [4.78, 5) is 2.50. The van der Waals surface area contributed by atoms with Crippen molar-refractivity contribution in [1.29, 1.82) is 0 Å².